The maximum atomic E-state index is 5.67. The minimum absolute atomic E-state index is 0.201. The first-order chi connectivity index (χ1) is 7.09. The first-order valence-corrected chi connectivity index (χ1v) is 5.88. The summed E-state index contributed by atoms with van der Waals surface area (Å²) in [5, 5.41) is 0. The van der Waals surface area contributed by atoms with E-state index >= 15 is 0 Å². The second-order valence-electron chi connectivity index (χ2n) is 3.98. The highest BCUT2D eigenvalue weighted by atomic mass is 79.9. The molecule has 0 amide bonds. The Labute approximate surface area is 99.9 Å². The molecule has 15 heavy (non-hydrogen) atoms. The molecular formula is C12H18BrNO. The van der Waals surface area contributed by atoms with Crippen LogP contribution in [0.2, 0.25) is 0 Å². The lowest BCUT2D eigenvalue weighted by molar-refractivity contribution is 0.00705. The Kier molecular flexibility index (Phi) is 4.77. The van der Waals surface area contributed by atoms with Crippen LogP contribution in [0.4, 0.5) is 0 Å². The number of nitrogens with two attached hydrogens (primary N) is 1. The fourth-order valence-electron chi connectivity index (χ4n) is 1.35. The SMILES string of the molecule is COC(C)(CN)CCc1ccc(Br)cc1. The van der Waals surface area contributed by atoms with Crippen LogP contribution >= 0.6 is 15.9 Å². The zero-order valence-electron chi connectivity index (χ0n) is 9.29. The maximum Gasteiger partial charge on any atom is 0.0775 e. The van der Waals surface area contributed by atoms with Crippen molar-refractivity contribution >= 4 is 15.9 Å². The van der Waals surface area contributed by atoms with Crippen molar-refractivity contribution < 1.29 is 4.74 Å². The number of rotatable bonds is 5. The topological polar surface area (TPSA) is 35.2 Å². The quantitative estimate of drug-likeness (QED) is 0.894. The Balaban J connectivity index is 2.53. The number of hydrogen-bond acceptors (Lipinski definition) is 2. The van der Waals surface area contributed by atoms with Gasteiger partial charge in [-0.1, -0.05) is 28.1 Å². The van der Waals surface area contributed by atoms with Crippen LogP contribution in [0.5, 0.6) is 0 Å². The van der Waals surface area contributed by atoms with Gasteiger partial charge in [0, 0.05) is 18.1 Å². The van der Waals surface area contributed by atoms with Crippen LogP contribution < -0.4 is 5.73 Å². The van der Waals surface area contributed by atoms with Gasteiger partial charge in [-0.3, -0.25) is 0 Å². The monoisotopic (exact) mass is 271 g/mol. The zero-order chi connectivity index (χ0) is 11.3. The largest absolute Gasteiger partial charge is 0.377 e. The highest BCUT2D eigenvalue weighted by molar-refractivity contribution is 9.10. The predicted octanol–water partition coefficient (Wildman–Crippen LogP) is 2.75. The fourth-order valence-corrected chi connectivity index (χ4v) is 1.61. The van der Waals surface area contributed by atoms with Crippen LogP contribution in [-0.4, -0.2) is 19.3 Å². The summed E-state index contributed by atoms with van der Waals surface area (Å²) in [7, 11) is 1.72. The minimum atomic E-state index is -0.201. The molecule has 0 radical (unpaired) electrons. The summed E-state index contributed by atoms with van der Waals surface area (Å²) in [4.78, 5) is 0. The van der Waals surface area contributed by atoms with E-state index in [-0.39, 0.29) is 5.60 Å². The van der Waals surface area contributed by atoms with Crippen LogP contribution in [0, 0.1) is 0 Å². The smallest absolute Gasteiger partial charge is 0.0775 e. The molecule has 0 heterocycles. The normalized spacial score (nSPS) is 14.9. The van der Waals surface area contributed by atoms with Crippen LogP contribution in [0.1, 0.15) is 18.9 Å². The van der Waals surface area contributed by atoms with Gasteiger partial charge in [-0.05, 0) is 37.5 Å². The zero-order valence-corrected chi connectivity index (χ0v) is 10.9. The molecule has 0 aliphatic heterocycles. The van der Waals surface area contributed by atoms with E-state index in [4.69, 9.17) is 10.5 Å². The number of hydrogen-bond donors (Lipinski definition) is 1. The van der Waals surface area contributed by atoms with E-state index in [1.54, 1.807) is 7.11 Å². The van der Waals surface area contributed by atoms with Crippen molar-refractivity contribution in [3.63, 3.8) is 0 Å². The second-order valence-corrected chi connectivity index (χ2v) is 4.90. The summed E-state index contributed by atoms with van der Waals surface area (Å²) in [5.74, 6) is 0. The number of benzene rings is 1. The number of methoxy groups -OCH3 is 1. The van der Waals surface area contributed by atoms with Gasteiger partial charge in [-0.15, -0.1) is 0 Å². The Bertz CT molecular complexity index is 293. The van der Waals surface area contributed by atoms with E-state index in [0.29, 0.717) is 6.54 Å². The average molecular weight is 272 g/mol. The van der Waals surface area contributed by atoms with Gasteiger partial charge in [-0.25, -0.2) is 0 Å². The molecule has 1 atom stereocenters. The van der Waals surface area contributed by atoms with E-state index in [0.717, 1.165) is 17.3 Å². The summed E-state index contributed by atoms with van der Waals surface area (Å²) in [5.41, 5.74) is 6.79. The predicted molar refractivity (Wildman–Crippen MR) is 66.9 cm³/mol. The van der Waals surface area contributed by atoms with E-state index < -0.39 is 0 Å². The Morgan fingerprint density at radius 2 is 1.93 bits per heavy atom. The Morgan fingerprint density at radius 3 is 2.40 bits per heavy atom. The van der Waals surface area contributed by atoms with Gasteiger partial charge >= 0.3 is 0 Å². The molecule has 0 bridgehead atoms. The lowest BCUT2D eigenvalue weighted by atomic mass is 9.97. The number of aryl methyl sites for hydroxylation is 1. The molecule has 1 rings (SSSR count). The van der Waals surface area contributed by atoms with Crippen molar-refractivity contribution in [2.75, 3.05) is 13.7 Å². The van der Waals surface area contributed by atoms with Crippen LogP contribution in [0.15, 0.2) is 28.7 Å². The summed E-state index contributed by atoms with van der Waals surface area (Å²) >= 11 is 3.42. The highest BCUT2D eigenvalue weighted by Gasteiger charge is 2.20. The van der Waals surface area contributed by atoms with Gasteiger partial charge in [0.1, 0.15) is 0 Å². The number of ether oxygens (including phenoxy) is 1. The lowest BCUT2D eigenvalue weighted by Crippen LogP contribution is -2.36. The molecule has 0 spiro atoms. The second kappa shape index (κ2) is 5.64. The molecule has 0 aliphatic carbocycles. The van der Waals surface area contributed by atoms with Gasteiger partial charge in [-0.2, -0.15) is 0 Å². The van der Waals surface area contributed by atoms with Crippen molar-refractivity contribution in [3.05, 3.63) is 34.3 Å². The Morgan fingerprint density at radius 1 is 1.33 bits per heavy atom. The summed E-state index contributed by atoms with van der Waals surface area (Å²) in [6.45, 7) is 2.60. The van der Waals surface area contributed by atoms with Crippen LogP contribution in [-0.2, 0) is 11.2 Å². The average Bonchev–Trinajstić information content (AvgIpc) is 2.28. The van der Waals surface area contributed by atoms with Crippen molar-refractivity contribution in [1.29, 1.82) is 0 Å². The Hall–Kier alpha value is -0.380. The summed E-state index contributed by atoms with van der Waals surface area (Å²) in [6, 6.07) is 8.36. The van der Waals surface area contributed by atoms with Gasteiger partial charge in [0.25, 0.3) is 0 Å². The first-order valence-electron chi connectivity index (χ1n) is 5.09. The van der Waals surface area contributed by atoms with E-state index in [1.807, 2.05) is 6.92 Å². The maximum absolute atomic E-state index is 5.67. The first kappa shape index (κ1) is 12.7. The molecular weight excluding hydrogens is 254 g/mol. The third-order valence-electron chi connectivity index (χ3n) is 2.78. The van der Waals surface area contributed by atoms with Crippen molar-refractivity contribution in [3.8, 4) is 0 Å². The molecule has 1 unspecified atom stereocenters. The van der Waals surface area contributed by atoms with E-state index in [2.05, 4.69) is 40.2 Å². The molecule has 0 aliphatic rings. The molecule has 2 nitrogen and oxygen atoms in total. The van der Waals surface area contributed by atoms with Gasteiger partial charge in [0.05, 0.1) is 5.60 Å². The molecule has 1 aromatic carbocycles. The van der Waals surface area contributed by atoms with E-state index in [9.17, 15) is 0 Å². The third-order valence-corrected chi connectivity index (χ3v) is 3.31. The van der Waals surface area contributed by atoms with Crippen LogP contribution in [0.3, 0.4) is 0 Å². The molecule has 3 heteroatoms. The lowest BCUT2D eigenvalue weighted by Gasteiger charge is -2.26. The molecule has 1 aromatic rings. The van der Waals surface area contributed by atoms with Crippen LogP contribution in [0.25, 0.3) is 0 Å². The minimum Gasteiger partial charge on any atom is -0.377 e. The van der Waals surface area contributed by atoms with Crippen molar-refractivity contribution in [2.24, 2.45) is 5.73 Å². The molecule has 0 aromatic heterocycles. The number of halogens is 1. The molecule has 84 valence electrons. The molecule has 0 saturated carbocycles. The van der Waals surface area contributed by atoms with Gasteiger partial charge < -0.3 is 10.5 Å². The highest BCUT2D eigenvalue weighted by Crippen LogP contribution is 2.18. The molecule has 2 N–H and O–H groups in total. The summed E-state index contributed by atoms with van der Waals surface area (Å²) in [6.07, 6.45) is 1.94. The molecule has 0 fully saturated rings. The van der Waals surface area contributed by atoms with Gasteiger partial charge in [0.2, 0.25) is 0 Å². The fraction of sp³-hybridized carbons (Fsp3) is 0.500. The van der Waals surface area contributed by atoms with Crippen molar-refractivity contribution in [1.82, 2.24) is 0 Å². The van der Waals surface area contributed by atoms with Gasteiger partial charge in [0.15, 0.2) is 0 Å². The molecule has 0 saturated heterocycles. The summed E-state index contributed by atoms with van der Waals surface area (Å²) < 4.78 is 6.51. The van der Waals surface area contributed by atoms with E-state index in [1.165, 1.54) is 5.56 Å². The standard InChI is InChI=1S/C12H18BrNO/c1-12(9-14,15-2)8-7-10-3-5-11(13)6-4-10/h3-6H,7-9,14H2,1-2H3. The van der Waals surface area contributed by atoms with Crippen molar-refractivity contribution in [2.45, 2.75) is 25.4 Å². The third kappa shape index (κ3) is 3.93.